The molecule has 4 aromatic rings. The molecule has 196 valence electrons. The van der Waals surface area contributed by atoms with E-state index in [4.69, 9.17) is 9.47 Å². The van der Waals surface area contributed by atoms with E-state index in [2.05, 4.69) is 0 Å². The second-order valence-electron chi connectivity index (χ2n) is 10.4. The molecule has 3 aromatic carbocycles. The van der Waals surface area contributed by atoms with Crippen LogP contribution in [0.3, 0.4) is 0 Å². The number of fused-ring (bicyclic) bond motifs is 3. The summed E-state index contributed by atoms with van der Waals surface area (Å²) in [5.74, 6) is -1.92. The molecule has 7 nitrogen and oxygen atoms in total. The number of nitrogens with zero attached hydrogens (tertiary/aromatic N) is 1. The third kappa shape index (κ3) is 3.40. The van der Waals surface area contributed by atoms with Crippen molar-refractivity contribution >= 4 is 16.9 Å². The maximum atomic E-state index is 14.5. The molecule has 6 rings (SSSR count). The Balaban J connectivity index is 1.74. The molecule has 2 bridgehead atoms. The van der Waals surface area contributed by atoms with Gasteiger partial charge in [-0.3, -0.25) is 0 Å². The summed E-state index contributed by atoms with van der Waals surface area (Å²) in [5, 5.41) is 31.9. The van der Waals surface area contributed by atoms with Gasteiger partial charge >= 0.3 is 5.97 Å². The first-order valence-electron chi connectivity index (χ1n) is 12.6. The number of ether oxygens (including phenoxy) is 2. The smallest absolute Gasteiger partial charge is 0.339 e. The number of aromatic nitrogens is 1. The lowest BCUT2D eigenvalue weighted by atomic mass is 9.77. The fourth-order valence-corrected chi connectivity index (χ4v) is 6.78. The average molecular weight is 518 g/mol. The number of aromatic carboxylic acids is 1. The van der Waals surface area contributed by atoms with Gasteiger partial charge in [0.2, 0.25) is 0 Å². The Bertz CT molecular complexity index is 1600. The number of benzene rings is 3. The van der Waals surface area contributed by atoms with Gasteiger partial charge in [0.05, 0.1) is 18.2 Å². The maximum Gasteiger partial charge on any atom is 0.339 e. The molecule has 3 N–H and O–H groups in total. The molecule has 2 saturated carbocycles. The fourth-order valence-electron chi connectivity index (χ4n) is 6.78. The molecule has 0 saturated heterocycles. The molecular weight excluding hydrogens is 489 g/mol. The molecule has 1 heterocycles. The molecule has 0 unspecified atom stereocenters. The third-order valence-corrected chi connectivity index (χ3v) is 8.60. The van der Waals surface area contributed by atoms with E-state index >= 15 is 0 Å². The van der Waals surface area contributed by atoms with Gasteiger partial charge in [-0.1, -0.05) is 12.1 Å². The zero-order valence-electron chi connectivity index (χ0n) is 21.1. The first-order chi connectivity index (χ1) is 18.2. The van der Waals surface area contributed by atoms with Gasteiger partial charge in [0.25, 0.3) is 0 Å². The van der Waals surface area contributed by atoms with Crippen LogP contribution in [-0.2, 0) is 10.2 Å². The summed E-state index contributed by atoms with van der Waals surface area (Å²) in [6.45, 7) is 0. The number of carboxylic acid groups (broad SMARTS) is 1. The molecule has 0 atom stereocenters. The SMILES string of the molecule is COc1cc(-n2c(C34CCC(OC)(CC3)C4)c(-c3ccc(C(=O)O)c(O)c3)c3c(O)cccc32)ccc1F. The van der Waals surface area contributed by atoms with Gasteiger partial charge in [0, 0.05) is 40.9 Å². The third-order valence-electron chi connectivity index (χ3n) is 8.60. The van der Waals surface area contributed by atoms with Crippen molar-refractivity contribution in [3.63, 3.8) is 0 Å². The summed E-state index contributed by atoms with van der Waals surface area (Å²) in [6.07, 6.45) is 4.24. The summed E-state index contributed by atoms with van der Waals surface area (Å²) < 4.78 is 27.8. The van der Waals surface area contributed by atoms with E-state index < -0.39 is 11.8 Å². The van der Waals surface area contributed by atoms with E-state index in [-0.39, 0.29) is 33.8 Å². The van der Waals surface area contributed by atoms with E-state index in [1.807, 2.05) is 10.6 Å². The Kier molecular flexibility index (Phi) is 5.43. The molecule has 0 amide bonds. The number of hydrogen-bond donors (Lipinski definition) is 3. The summed E-state index contributed by atoms with van der Waals surface area (Å²) in [4.78, 5) is 11.6. The molecule has 0 aliphatic heterocycles. The highest BCUT2D eigenvalue weighted by atomic mass is 19.1. The highest BCUT2D eigenvalue weighted by Crippen LogP contribution is 2.62. The lowest BCUT2D eigenvalue weighted by Crippen LogP contribution is -2.24. The van der Waals surface area contributed by atoms with E-state index in [0.29, 0.717) is 27.7 Å². The van der Waals surface area contributed by atoms with Crippen molar-refractivity contribution in [2.24, 2.45) is 0 Å². The number of rotatable bonds is 6. The summed E-state index contributed by atoms with van der Waals surface area (Å²) in [5.41, 5.74) is 2.83. The van der Waals surface area contributed by atoms with Gasteiger partial charge in [0.1, 0.15) is 17.1 Å². The first kappa shape index (κ1) is 24.3. The van der Waals surface area contributed by atoms with Crippen molar-refractivity contribution < 1.29 is 34.0 Å². The Morgan fingerprint density at radius 2 is 1.74 bits per heavy atom. The molecule has 2 fully saturated rings. The Morgan fingerprint density at radius 3 is 2.37 bits per heavy atom. The van der Waals surface area contributed by atoms with Crippen LogP contribution >= 0.6 is 0 Å². The highest BCUT2D eigenvalue weighted by Gasteiger charge is 2.57. The topological polar surface area (TPSA) is 101 Å². The van der Waals surface area contributed by atoms with Crippen LogP contribution in [-0.4, -0.2) is 45.7 Å². The lowest BCUT2D eigenvalue weighted by molar-refractivity contribution is -0.000311. The van der Waals surface area contributed by atoms with Crippen LogP contribution in [0.2, 0.25) is 0 Å². The van der Waals surface area contributed by atoms with E-state index in [1.54, 1.807) is 37.4 Å². The Labute approximate surface area is 218 Å². The van der Waals surface area contributed by atoms with Crippen molar-refractivity contribution in [1.82, 2.24) is 4.57 Å². The van der Waals surface area contributed by atoms with Crippen molar-refractivity contribution in [3.05, 3.63) is 71.7 Å². The molecule has 2 aliphatic rings. The van der Waals surface area contributed by atoms with E-state index in [0.717, 1.165) is 37.8 Å². The lowest BCUT2D eigenvalue weighted by Gasteiger charge is -2.30. The molecule has 8 heteroatoms. The minimum Gasteiger partial charge on any atom is -0.507 e. The quantitative estimate of drug-likeness (QED) is 0.283. The standard InChI is InChI=1S/C30H28FNO6/c1-37-24-15-18(7-9-20(24)31)32-21-4-3-5-22(33)26(21)25(17-6-8-19(28(35)36)23(34)14-17)27(32)29-10-12-30(16-29,38-2)13-11-29/h3-9,14-15,33-34H,10-13,16H2,1-2H3,(H,35,36). The Hall–Kier alpha value is -4.04. The summed E-state index contributed by atoms with van der Waals surface area (Å²) >= 11 is 0. The van der Waals surface area contributed by atoms with Gasteiger partial charge in [-0.15, -0.1) is 0 Å². The van der Waals surface area contributed by atoms with Crippen molar-refractivity contribution in [1.29, 1.82) is 0 Å². The fraction of sp³-hybridized carbons (Fsp3) is 0.300. The summed E-state index contributed by atoms with van der Waals surface area (Å²) in [7, 11) is 3.16. The van der Waals surface area contributed by atoms with E-state index in [1.165, 1.54) is 25.3 Å². The maximum absolute atomic E-state index is 14.5. The van der Waals surface area contributed by atoms with Crippen LogP contribution in [0.4, 0.5) is 4.39 Å². The largest absolute Gasteiger partial charge is 0.507 e. The van der Waals surface area contributed by atoms with Gasteiger partial charge in [-0.2, -0.15) is 0 Å². The van der Waals surface area contributed by atoms with Crippen LogP contribution in [0.1, 0.15) is 48.2 Å². The molecule has 0 spiro atoms. The first-order valence-corrected chi connectivity index (χ1v) is 12.6. The predicted molar refractivity (Wildman–Crippen MR) is 140 cm³/mol. The molecule has 1 aromatic heterocycles. The van der Waals surface area contributed by atoms with Crippen LogP contribution < -0.4 is 4.74 Å². The number of phenolic OH excluding ortho intramolecular Hbond substituents is 1. The van der Waals surface area contributed by atoms with Crippen LogP contribution in [0.15, 0.2) is 54.6 Å². The molecular formula is C30H28FNO6. The predicted octanol–water partition coefficient (Wildman–Crippen LogP) is 6.16. The highest BCUT2D eigenvalue weighted by molar-refractivity contribution is 6.04. The molecule has 38 heavy (non-hydrogen) atoms. The second-order valence-corrected chi connectivity index (χ2v) is 10.4. The number of methoxy groups -OCH3 is 2. The average Bonchev–Trinajstić information content (AvgIpc) is 3.59. The number of aromatic hydroxyl groups is 2. The normalized spacial score (nSPS) is 22.3. The van der Waals surface area contributed by atoms with Gasteiger partial charge < -0.3 is 29.4 Å². The number of phenols is 2. The van der Waals surface area contributed by atoms with Gasteiger partial charge in [0.15, 0.2) is 11.6 Å². The minimum atomic E-state index is -1.23. The number of carbonyl (C=O) groups is 1. The second kappa shape index (κ2) is 8.49. The van der Waals surface area contributed by atoms with Crippen LogP contribution in [0, 0.1) is 5.82 Å². The van der Waals surface area contributed by atoms with Crippen molar-refractivity contribution in [2.75, 3.05) is 14.2 Å². The molecule has 0 radical (unpaired) electrons. The van der Waals surface area contributed by atoms with Crippen LogP contribution in [0.5, 0.6) is 17.2 Å². The molecule has 2 aliphatic carbocycles. The number of hydrogen-bond acceptors (Lipinski definition) is 5. The summed E-state index contributed by atoms with van der Waals surface area (Å²) in [6, 6.07) is 14.4. The van der Waals surface area contributed by atoms with Gasteiger partial charge in [-0.25, -0.2) is 9.18 Å². The number of halogens is 1. The zero-order chi connectivity index (χ0) is 26.8. The van der Waals surface area contributed by atoms with Gasteiger partial charge in [-0.05, 0) is 74.1 Å². The monoisotopic (exact) mass is 517 g/mol. The van der Waals surface area contributed by atoms with Crippen molar-refractivity contribution in [3.8, 4) is 34.1 Å². The Morgan fingerprint density at radius 1 is 0.974 bits per heavy atom. The van der Waals surface area contributed by atoms with Crippen molar-refractivity contribution in [2.45, 2.75) is 43.1 Å². The zero-order valence-corrected chi connectivity index (χ0v) is 21.1. The minimum absolute atomic E-state index is 0.0544. The van der Waals surface area contributed by atoms with E-state index in [9.17, 15) is 24.5 Å². The van der Waals surface area contributed by atoms with Crippen LogP contribution in [0.25, 0.3) is 27.7 Å². The number of carboxylic acids is 1.